The highest BCUT2D eigenvalue weighted by Crippen LogP contribution is 2.19. The topological polar surface area (TPSA) is 82.1 Å². The second kappa shape index (κ2) is 7.29. The highest BCUT2D eigenvalue weighted by atomic mass is 16.6. The first-order valence-electron chi connectivity index (χ1n) is 6.83. The summed E-state index contributed by atoms with van der Waals surface area (Å²) in [6.45, 7) is 11.4. The predicted octanol–water partition coefficient (Wildman–Crippen LogP) is 3.24. The summed E-state index contributed by atoms with van der Waals surface area (Å²) >= 11 is 0. The summed E-state index contributed by atoms with van der Waals surface area (Å²) in [5, 5.41) is 0. The number of carbonyl (C=O) groups is 3. The Kier molecular flexibility index (Phi) is 6.61. The molecule has 0 aromatic heterocycles. The molecule has 0 radical (unpaired) electrons. The minimum atomic E-state index is -1.01. The SMILES string of the molecule is C/C=C(/C(=O)OC)N(C(=O)OC(C)(C)C)C(=O)OC(C)(C)C. The molecule has 7 nitrogen and oxygen atoms in total. The molecule has 0 unspecified atom stereocenters. The van der Waals surface area contributed by atoms with Crippen molar-refractivity contribution in [3.05, 3.63) is 11.8 Å². The summed E-state index contributed by atoms with van der Waals surface area (Å²) in [5.74, 6) is -0.848. The molecule has 126 valence electrons. The third-order valence-corrected chi connectivity index (χ3v) is 2.06. The van der Waals surface area contributed by atoms with Crippen LogP contribution in [-0.4, -0.2) is 41.4 Å². The van der Waals surface area contributed by atoms with Gasteiger partial charge in [0.25, 0.3) is 0 Å². The van der Waals surface area contributed by atoms with Crippen LogP contribution in [-0.2, 0) is 19.0 Å². The molecule has 0 aliphatic heterocycles. The van der Waals surface area contributed by atoms with E-state index in [0.717, 1.165) is 7.11 Å². The minimum absolute atomic E-state index is 0.272. The van der Waals surface area contributed by atoms with Crippen LogP contribution in [0.1, 0.15) is 48.5 Å². The van der Waals surface area contributed by atoms with Crippen LogP contribution in [0.2, 0.25) is 0 Å². The van der Waals surface area contributed by atoms with E-state index in [0.29, 0.717) is 4.90 Å². The van der Waals surface area contributed by atoms with Gasteiger partial charge >= 0.3 is 18.2 Å². The Hall–Kier alpha value is -2.05. The molecule has 0 saturated carbocycles. The van der Waals surface area contributed by atoms with Crippen molar-refractivity contribution < 1.29 is 28.6 Å². The van der Waals surface area contributed by atoms with Crippen LogP contribution in [0.15, 0.2) is 11.8 Å². The van der Waals surface area contributed by atoms with Crippen molar-refractivity contribution in [1.82, 2.24) is 4.90 Å². The lowest BCUT2D eigenvalue weighted by Crippen LogP contribution is -2.44. The van der Waals surface area contributed by atoms with Crippen LogP contribution in [0.4, 0.5) is 9.59 Å². The zero-order valence-corrected chi connectivity index (χ0v) is 14.5. The largest absolute Gasteiger partial charge is 0.464 e. The van der Waals surface area contributed by atoms with E-state index in [-0.39, 0.29) is 5.70 Å². The molecule has 0 atom stereocenters. The van der Waals surface area contributed by atoms with E-state index in [1.807, 2.05) is 0 Å². The Balaban J connectivity index is 5.63. The average Bonchev–Trinajstić information content (AvgIpc) is 2.29. The number of nitrogens with zero attached hydrogens (tertiary/aromatic N) is 1. The molecule has 0 aromatic carbocycles. The number of carbonyl (C=O) groups excluding carboxylic acids is 3. The molecule has 0 aliphatic rings. The van der Waals surface area contributed by atoms with Crippen LogP contribution in [0.5, 0.6) is 0 Å². The lowest BCUT2D eigenvalue weighted by molar-refractivity contribution is -0.138. The number of rotatable bonds is 2. The van der Waals surface area contributed by atoms with Crippen molar-refractivity contribution in [3.63, 3.8) is 0 Å². The molecule has 0 rings (SSSR count). The molecule has 0 saturated heterocycles. The van der Waals surface area contributed by atoms with Crippen LogP contribution >= 0.6 is 0 Å². The van der Waals surface area contributed by atoms with Crippen molar-refractivity contribution in [2.45, 2.75) is 59.7 Å². The predicted molar refractivity (Wildman–Crippen MR) is 80.1 cm³/mol. The van der Waals surface area contributed by atoms with Gasteiger partial charge in [-0.15, -0.1) is 0 Å². The smallest absolute Gasteiger partial charge is 0.424 e. The van der Waals surface area contributed by atoms with Gasteiger partial charge in [-0.25, -0.2) is 14.4 Å². The fraction of sp³-hybridized carbons (Fsp3) is 0.667. The van der Waals surface area contributed by atoms with E-state index in [1.165, 1.54) is 13.0 Å². The van der Waals surface area contributed by atoms with Crippen molar-refractivity contribution in [1.29, 1.82) is 0 Å². The van der Waals surface area contributed by atoms with Gasteiger partial charge in [0.05, 0.1) is 7.11 Å². The first-order chi connectivity index (χ1) is 9.82. The molecule has 0 bridgehead atoms. The molecule has 0 fully saturated rings. The van der Waals surface area contributed by atoms with Crippen LogP contribution in [0, 0.1) is 0 Å². The Morgan fingerprint density at radius 3 is 1.45 bits per heavy atom. The molecule has 0 aromatic rings. The summed E-state index contributed by atoms with van der Waals surface area (Å²) in [6, 6.07) is 0. The fourth-order valence-corrected chi connectivity index (χ4v) is 1.33. The van der Waals surface area contributed by atoms with E-state index in [9.17, 15) is 14.4 Å². The zero-order chi connectivity index (χ0) is 17.7. The summed E-state index contributed by atoms with van der Waals surface area (Å²) in [4.78, 5) is 36.8. The lowest BCUT2D eigenvalue weighted by atomic mass is 10.2. The highest BCUT2D eigenvalue weighted by molar-refractivity contribution is 6.01. The Morgan fingerprint density at radius 2 is 1.23 bits per heavy atom. The van der Waals surface area contributed by atoms with Gasteiger partial charge in [-0.2, -0.15) is 4.90 Å². The molecule has 22 heavy (non-hydrogen) atoms. The maximum absolute atomic E-state index is 12.3. The first kappa shape index (κ1) is 19.9. The van der Waals surface area contributed by atoms with Gasteiger partial charge in [0, 0.05) is 0 Å². The van der Waals surface area contributed by atoms with E-state index in [2.05, 4.69) is 4.74 Å². The van der Waals surface area contributed by atoms with Gasteiger partial charge < -0.3 is 14.2 Å². The van der Waals surface area contributed by atoms with E-state index in [1.54, 1.807) is 41.5 Å². The van der Waals surface area contributed by atoms with Crippen LogP contribution in [0.3, 0.4) is 0 Å². The maximum Gasteiger partial charge on any atom is 0.424 e. The standard InChI is InChI=1S/C15H25NO6/c1-9-10(11(17)20-8)16(12(18)21-14(2,3)4)13(19)22-15(5,6)7/h9H,1-8H3/b10-9-. The fourth-order valence-electron chi connectivity index (χ4n) is 1.33. The highest BCUT2D eigenvalue weighted by Gasteiger charge is 2.36. The van der Waals surface area contributed by atoms with Crippen molar-refractivity contribution >= 4 is 18.2 Å². The number of esters is 1. The minimum Gasteiger partial charge on any atom is -0.464 e. The summed E-state index contributed by atoms with van der Waals surface area (Å²) in [6.07, 6.45) is -0.750. The Bertz CT molecular complexity index is 439. The van der Waals surface area contributed by atoms with Gasteiger partial charge in [-0.05, 0) is 48.5 Å². The second-order valence-corrected chi connectivity index (χ2v) is 6.46. The molecular weight excluding hydrogens is 290 g/mol. The van der Waals surface area contributed by atoms with Gasteiger partial charge in [0.1, 0.15) is 16.9 Å². The summed E-state index contributed by atoms with van der Waals surface area (Å²) in [5.41, 5.74) is -1.95. The molecule has 0 heterocycles. The quantitative estimate of drug-likeness (QED) is 0.442. The Labute approximate surface area is 131 Å². The number of amides is 2. The molecule has 2 amide bonds. The second-order valence-electron chi connectivity index (χ2n) is 6.46. The summed E-state index contributed by atoms with van der Waals surface area (Å²) in [7, 11) is 1.15. The van der Waals surface area contributed by atoms with Gasteiger partial charge in [0.2, 0.25) is 0 Å². The molecule has 0 spiro atoms. The maximum atomic E-state index is 12.3. The third kappa shape index (κ3) is 6.60. The van der Waals surface area contributed by atoms with Crippen molar-refractivity contribution in [3.8, 4) is 0 Å². The number of allylic oxidation sites excluding steroid dienone is 1. The lowest BCUT2D eigenvalue weighted by Gasteiger charge is -2.28. The molecule has 7 heteroatoms. The van der Waals surface area contributed by atoms with Crippen LogP contribution < -0.4 is 0 Å². The van der Waals surface area contributed by atoms with Crippen LogP contribution in [0.25, 0.3) is 0 Å². The average molecular weight is 315 g/mol. The number of methoxy groups -OCH3 is 1. The van der Waals surface area contributed by atoms with Crippen molar-refractivity contribution in [2.24, 2.45) is 0 Å². The molecular formula is C15H25NO6. The Morgan fingerprint density at radius 1 is 0.864 bits per heavy atom. The normalized spacial score (nSPS) is 12.5. The van der Waals surface area contributed by atoms with Gasteiger partial charge in [0.15, 0.2) is 0 Å². The van der Waals surface area contributed by atoms with Crippen molar-refractivity contribution in [2.75, 3.05) is 7.11 Å². The summed E-state index contributed by atoms with van der Waals surface area (Å²) < 4.78 is 14.9. The monoisotopic (exact) mass is 315 g/mol. The third-order valence-electron chi connectivity index (χ3n) is 2.06. The molecule has 0 aliphatic carbocycles. The van der Waals surface area contributed by atoms with E-state index >= 15 is 0 Å². The number of hydrogen-bond acceptors (Lipinski definition) is 6. The number of hydrogen-bond donors (Lipinski definition) is 0. The number of ether oxygens (including phenoxy) is 3. The zero-order valence-electron chi connectivity index (χ0n) is 14.5. The molecule has 0 N–H and O–H groups in total. The van der Waals surface area contributed by atoms with Gasteiger partial charge in [-0.1, -0.05) is 6.08 Å². The first-order valence-corrected chi connectivity index (χ1v) is 6.83. The number of imide groups is 1. The van der Waals surface area contributed by atoms with E-state index in [4.69, 9.17) is 9.47 Å². The van der Waals surface area contributed by atoms with E-state index < -0.39 is 29.4 Å². The van der Waals surface area contributed by atoms with Gasteiger partial charge in [-0.3, -0.25) is 0 Å².